The number of aromatic nitrogens is 1. The van der Waals surface area contributed by atoms with Gasteiger partial charge < -0.3 is 8.83 Å². The number of furan rings is 1. The third-order valence-electron chi connectivity index (χ3n) is 3.32. The molecular formula is C16H24N2O2. The van der Waals surface area contributed by atoms with Gasteiger partial charge in [-0.3, -0.25) is 5.32 Å². The minimum Gasteiger partial charge on any atom is -0.465 e. The largest absolute Gasteiger partial charge is 0.465 e. The van der Waals surface area contributed by atoms with Gasteiger partial charge >= 0.3 is 0 Å². The van der Waals surface area contributed by atoms with Gasteiger partial charge in [0.05, 0.1) is 18.3 Å². The molecule has 0 aliphatic heterocycles. The van der Waals surface area contributed by atoms with E-state index in [4.69, 9.17) is 8.83 Å². The second kappa shape index (κ2) is 5.44. The van der Waals surface area contributed by atoms with Gasteiger partial charge in [0.2, 0.25) is 5.89 Å². The van der Waals surface area contributed by atoms with Gasteiger partial charge in [-0.2, -0.15) is 0 Å². The van der Waals surface area contributed by atoms with Crippen molar-refractivity contribution in [2.75, 3.05) is 0 Å². The molecule has 110 valence electrons. The van der Waals surface area contributed by atoms with Crippen LogP contribution in [0.5, 0.6) is 0 Å². The number of hydrogen-bond donors (Lipinski definition) is 1. The van der Waals surface area contributed by atoms with E-state index in [1.807, 2.05) is 32.2 Å². The lowest BCUT2D eigenvalue weighted by Gasteiger charge is -2.17. The first-order chi connectivity index (χ1) is 9.27. The lowest BCUT2D eigenvalue weighted by molar-refractivity contribution is 0.326. The summed E-state index contributed by atoms with van der Waals surface area (Å²) in [6.07, 6.45) is 1.81. The summed E-state index contributed by atoms with van der Waals surface area (Å²) in [7, 11) is 0. The van der Waals surface area contributed by atoms with Gasteiger partial charge in [0.15, 0.2) is 0 Å². The molecule has 4 nitrogen and oxygen atoms in total. The van der Waals surface area contributed by atoms with Crippen LogP contribution in [-0.4, -0.2) is 4.98 Å². The normalized spacial score (nSPS) is 15.3. The Hall–Kier alpha value is -1.55. The lowest BCUT2D eigenvalue weighted by Crippen LogP contribution is -2.22. The summed E-state index contributed by atoms with van der Waals surface area (Å²) < 4.78 is 11.5. The maximum absolute atomic E-state index is 5.85. The van der Waals surface area contributed by atoms with Crippen molar-refractivity contribution >= 4 is 0 Å². The fourth-order valence-electron chi connectivity index (χ4n) is 2.05. The zero-order chi connectivity index (χ0) is 14.9. The second-order valence-corrected chi connectivity index (χ2v) is 6.37. The van der Waals surface area contributed by atoms with Crippen molar-refractivity contribution < 1.29 is 8.83 Å². The Kier molecular flexibility index (Phi) is 4.04. The van der Waals surface area contributed by atoms with Crippen molar-refractivity contribution in [2.45, 2.75) is 59.0 Å². The van der Waals surface area contributed by atoms with Crippen molar-refractivity contribution in [2.24, 2.45) is 0 Å². The van der Waals surface area contributed by atoms with Crippen LogP contribution in [0.3, 0.4) is 0 Å². The molecule has 2 heterocycles. The Labute approximate surface area is 120 Å². The highest BCUT2D eigenvalue weighted by molar-refractivity contribution is 5.11. The molecular weight excluding hydrogens is 252 g/mol. The van der Waals surface area contributed by atoms with Crippen LogP contribution in [0.15, 0.2) is 27.2 Å². The molecule has 0 aliphatic rings. The monoisotopic (exact) mass is 276 g/mol. The molecule has 0 bridgehead atoms. The molecule has 0 saturated heterocycles. The summed E-state index contributed by atoms with van der Waals surface area (Å²) in [5.74, 6) is 3.47. The number of nitrogens with one attached hydrogen (secondary N) is 1. The van der Waals surface area contributed by atoms with E-state index < -0.39 is 0 Å². The molecule has 0 unspecified atom stereocenters. The van der Waals surface area contributed by atoms with Gasteiger partial charge in [-0.15, -0.1) is 0 Å². The lowest BCUT2D eigenvalue weighted by atomic mass is 9.94. The number of nitrogens with zero attached hydrogens (tertiary/aromatic N) is 1. The van der Waals surface area contributed by atoms with Crippen LogP contribution in [0.4, 0.5) is 0 Å². The molecule has 0 aliphatic carbocycles. The molecule has 20 heavy (non-hydrogen) atoms. The van der Waals surface area contributed by atoms with Gasteiger partial charge in [0.1, 0.15) is 17.3 Å². The highest BCUT2D eigenvalue weighted by Crippen LogP contribution is 2.26. The van der Waals surface area contributed by atoms with Crippen LogP contribution in [0.25, 0.3) is 0 Å². The van der Waals surface area contributed by atoms with E-state index in [1.54, 1.807) is 0 Å². The molecule has 0 fully saturated rings. The van der Waals surface area contributed by atoms with Crippen molar-refractivity contribution in [3.8, 4) is 0 Å². The Balaban J connectivity index is 2.04. The van der Waals surface area contributed by atoms with Crippen molar-refractivity contribution in [1.29, 1.82) is 0 Å². The van der Waals surface area contributed by atoms with Crippen LogP contribution in [-0.2, 0) is 5.41 Å². The standard InChI is InChI=1S/C16H24N2O2/c1-10-7-8-13(19-10)11(2)18-12(3)15-17-9-14(20-15)16(4,5)6/h7-9,11-12,18H,1-6H3/t11-,12+/m1/s1. The first-order valence-corrected chi connectivity index (χ1v) is 7.06. The average molecular weight is 276 g/mol. The molecule has 2 atom stereocenters. The van der Waals surface area contributed by atoms with Crippen LogP contribution in [0, 0.1) is 6.92 Å². The van der Waals surface area contributed by atoms with E-state index in [1.165, 1.54) is 0 Å². The quantitative estimate of drug-likeness (QED) is 0.905. The van der Waals surface area contributed by atoms with Gasteiger partial charge in [-0.1, -0.05) is 20.8 Å². The SMILES string of the molecule is Cc1ccc([C@@H](C)N[C@@H](C)c2ncc(C(C)(C)C)o2)o1. The molecule has 2 aromatic heterocycles. The number of oxazole rings is 1. The summed E-state index contributed by atoms with van der Waals surface area (Å²) in [4.78, 5) is 4.37. The van der Waals surface area contributed by atoms with Crippen molar-refractivity contribution in [3.05, 3.63) is 41.5 Å². The smallest absolute Gasteiger partial charge is 0.211 e. The highest BCUT2D eigenvalue weighted by atomic mass is 16.4. The number of rotatable bonds is 4. The molecule has 0 amide bonds. The van der Waals surface area contributed by atoms with Gasteiger partial charge in [0, 0.05) is 5.41 Å². The maximum Gasteiger partial charge on any atom is 0.211 e. The predicted octanol–water partition coefficient (Wildman–Crippen LogP) is 4.29. The fraction of sp³-hybridized carbons (Fsp3) is 0.562. The van der Waals surface area contributed by atoms with E-state index in [9.17, 15) is 0 Å². The number of aryl methyl sites for hydroxylation is 1. The van der Waals surface area contributed by atoms with Crippen LogP contribution in [0.2, 0.25) is 0 Å². The molecule has 4 heteroatoms. The van der Waals surface area contributed by atoms with Crippen LogP contribution >= 0.6 is 0 Å². The molecule has 0 spiro atoms. The summed E-state index contributed by atoms with van der Waals surface area (Å²) in [6, 6.07) is 4.12. The maximum atomic E-state index is 5.85. The Morgan fingerprint density at radius 2 is 1.80 bits per heavy atom. The Morgan fingerprint density at radius 3 is 2.30 bits per heavy atom. The molecule has 0 aromatic carbocycles. The topological polar surface area (TPSA) is 51.2 Å². The Bertz CT molecular complexity index is 563. The summed E-state index contributed by atoms with van der Waals surface area (Å²) in [6.45, 7) is 12.4. The first kappa shape index (κ1) is 14.9. The first-order valence-electron chi connectivity index (χ1n) is 7.06. The molecule has 0 radical (unpaired) electrons. The van der Waals surface area contributed by atoms with E-state index in [2.05, 4.69) is 38.0 Å². The Morgan fingerprint density at radius 1 is 1.10 bits per heavy atom. The predicted molar refractivity (Wildman–Crippen MR) is 78.6 cm³/mol. The van der Waals surface area contributed by atoms with E-state index in [-0.39, 0.29) is 17.5 Å². The molecule has 2 aromatic rings. The zero-order valence-electron chi connectivity index (χ0n) is 13.2. The highest BCUT2D eigenvalue weighted by Gasteiger charge is 2.22. The second-order valence-electron chi connectivity index (χ2n) is 6.37. The third-order valence-corrected chi connectivity index (χ3v) is 3.32. The fourth-order valence-corrected chi connectivity index (χ4v) is 2.05. The van der Waals surface area contributed by atoms with Crippen molar-refractivity contribution in [3.63, 3.8) is 0 Å². The molecule has 0 saturated carbocycles. The zero-order valence-corrected chi connectivity index (χ0v) is 13.2. The van der Waals surface area contributed by atoms with Gasteiger partial charge in [-0.25, -0.2) is 4.98 Å². The van der Waals surface area contributed by atoms with E-state index >= 15 is 0 Å². The van der Waals surface area contributed by atoms with Crippen molar-refractivity contribution in [1.82, 2.24) is 10.3 Å². The summed E-state index contributed by atoms with van der Waals surface area (Å²) in [5.41, 5.74) is -0.0191. The summed E-state index contributed by atoms with van der Waals surface area (Å²) >= 11 is 0. The number of hydrogen-bond acceptors (Lipinski definition) is 4. The van der Waals surface area contributed by atoms with Crippen LogP contribution in [0.1, 0.15) is 69.9 Å². The third kappa shape index (κ3) is 3.31. The van der Waals surface area contributed by atoms with E-state index in [0.29, 0.717) is 5.89 Å². The van der Waals surface area contributed by atoms with Crippen LogP contribution < -0.4 is 5.32 Å². The van der Waals surface area contributed by atoms with Gasteiger partial charge in [0.25, 0.3) is 0 Å². The van der Waals surface area contributed by atoms with Gasteiger partial charge in [-0.05, 0) is 32.9 Å². The average Bonchev–Trinajstić information content (AvgIpc) is 2.95. The minimum atomic E-state index is -0.0191. The minimum absolute atomic E-state index is 0.0191. The molecule has 2 rings (SSSR count). The summed E-state index contributed by atoms with van der Waals surface area (Å²) in [5, 5.41) is 3.44. The molecule has 1 N–H and O–H groups in total. The van der Waals surface area contributed by atoms with E-state index in [0.717, 1.165) is 17.3 Å².